The highest BCUT2D eigenvalue weighted by atomic mass is 16.3. The molecule has 0 fully saturated rings. The second-order valence-electron chi connectivity index (χ2n) is 4.62. The molecule has 2 aromatic heterocycles. The Hall–Kier alpha value is -2.09. The topological polar surface area (TPSA) is 94.1 Å². The van der Waals surface area contributed by atoms with Gasteiger partial charge in [0.25, 0.3) is 5.56 Å². The molecule has 0 aliphatic carbocycles. The molecule has 0 unspecified atom stereocenters. The van der Waals surface area contributed by atoms with E-state index in [1.54, 1.807) is 11.6 Å². The van der Waals surface area contributed by atoms with Crippen LogP contribution in [-0.2, 0) is 20.6 Å². The first kappa shape index (κ1) is 14.3. The van der Waals surface area contributed by atoms with Gasteiger partial charge in [0.2, 0.25) is 5.95 Å². The van der Waals surface area contributed by atoms with Crippen LogP contribution in [0.15, 0.2) is 9.59 Å². The third kappa shape index (κ3) is 2.11. The molecule has 0 aliphatic heterocycles. The highest BCUT2D eigenvalue weighted by Gasteiger charge is 2.18. The summed E-state index contributed by atoms with van der Waals surface area (Å²) in [6.07, 6.45) is 0.836. The molecule has 2 heterocycles. The Balaban J connectivity index is 2.80. The summed E-state index contributed by atoms with van der Waals surface area (Å²) in [6.45, 7) is 2.93. The molecular weight excluding hydrogens is 262 g/mol. The number of nitrogens with one attached hydrogen (secondary N) is 1. The molecule has 0 aromatic carbocycles. The third-order valence-corrected chi connectivity index (χ3v) is 3.18. The van der Waals surface area contributed by atoms with Gasteiger partial charge >= 0.3 is 5.69 Å². The number of aliphatic hydroxyl groups is 1. The molecule has 0 saturated heterocycles. The number of fused-ring (bicyclic) bond motifs is 1. The molecule has 8 heteroatoms. The maximum Gasteiger partial charge on any atom is 0.332 e. The normalized spacial score (nSPS) is 11.2. The molecular formula is C12H19N5O3. The highest BCUT2D eigenvalue weighted by Crippen LogP contribution is 2.16. The lowest BCUT2D eigenvalue weighted by atomic mass is 10.4. The van der Waals surface area contributed by atoms with Crippen LogP contribution in [-0.4, -0.2) is 36.9 Å². The van der Waals surface area contributed by atoms with Crippen molar-refractivity contribution in [2.75, 3.05) is 18.5 Å². The zero-order valence-corrected chi connectivity index (χ0v) is 11.9. The minimum atomic E-state index is -0.412. The zero-order chi connectivity index (χ0) is 14.9. The van der Waals surface area contributed by atoms with Gasteiger partial charge in [0, 0.05) is 27.2 Å². The Labute approximate surface area is 115 Å². The zero-order valence-electron chi connectivity index (χ0n) is 11.9. The van der Waals surface area contributed by atoms with Crippen molar-refractivity contribution in [2.24, 2.45) is 14.1 Å². The SMILES string of the molecule is CCCn1c(NCCO)nc2c(=O)n(C)c(=O)n(C)c21. The van der Waals surface area contributed by atoms with Crippen LogP contribution < -0.4 is 16.6 Å². The van der Waals surface area contributed by atoms with E-state index in [9.17, 15) is 9.59 Å². The lowest BCUT2D eigenvalue weighted by molar-refractivity contribution is 0.310. The Bertz CT molecular complexity index is 740. The first-order valence-corrected chi connectivity index (χ1v) is 6.53. The summed E-state index contributed by atoms with van der Waals surface area (Å²) in [5, 5.41) is 11.9. The van der Waals surface area contributed by atoms with Crippen LogP contribution in [0.5, 0.6) is 0 Å². The Kier molecular flexibility index (Phi) is 3.93. The number of nitrogens with zero attached hydrogens (tertiary/aromatic N) is 4. The standard InChI is InChI=1S/C12H19N5O3/c1-4-6-17-9-8(14-11(17)13-5-7-18)10(19)16(3)12(20)15(9)2/h18H,4-7H2,1-3H3,(H,13,14). The molecule has 2 aromatic rings. The molecule has 110 valence electrons. The monoisotopic (exact) mass is 281 g/mol. The average molecular weight is 281 g/mol. The third-order valence-electron chi connectivity index (χ3n) is 3.18. The van der Waals surface area contributed by atoms with Gasteiger partial charge in [-0.1, -0.05) is 6.92 Å². The Morgan fingerprint density at radius 1 is 1.25 bits per heavy atom. The van der Waals surface area contributed by atoms with Gasteiger partial charge in [-0.2, -0.15) is 0 Å². The van der Waals surface area contributed by atoms with Crippen molar-refractivity contribution in [3.05, 3.63) is 20.8 Å². The molecule has 0 aliphatic rings. The molecule has 2 N–H and O–H groups in total. The number of imidazole rings is 1. The molecule has 0 radical (unpaired) electrons. The summed E-state index contributed by atoms with van der Waals surface area (Å²) in [6, 6.07) is 0. The molecule has 8 nitrogen and oxygen atoms in total. The molecule has 0 bridgehead atoms. The van der Waals surface area contributed by atoms with Crippen LogP contribution in [0.1, 0.15) is 13.3 Å². The van der Waals surface area contributed by atoms with Crippen molar-refractivity contribution in [3.63, 3.8) is 0 Å². The molecule has 0 atom stereocenters. The van der Waals surface area contributed by atoms with Crippen molar-refractivity contribution in [1.29, 1.82) is 0 Å². The summed E-state index contributed by atoms with van der Waals surface area (Å²) >= 11 is 0. The number of aromatic nitrogens is 4. The predicted octanol–water partition coefficient (Wildman–Crippen LogP) is -0.752. The van der Waals surface area contributed by atoms with E-state index in [-0.39, 0.29) is 17.8 Å². The van der Waals surface area contributed by atoms with Crippen LogP contribution in [0.2, 0.25) is 0 Å². The molecule has 0 saturated carbocycles. The fourth-order valence-corrected chi connectivity index (χ4v) is 2.23. The average Bonchev–Trinajstić information content (AvgIpc) is 2.80. The lowest BCUT2D eigenvalue weighted by Crippen LogP contribution is -2.37. The van der Waals surface area contributed by atoms with E-state index < -0.39 is 5.56 Å². The van der Waals surface area contributed by atoms with E-state index in [1.807, 2.05) is 6.92 Å². The first-order valence-electron chi connectivity index (χ1n) is 6.53. The summed E-state index contributed by atoms with van der Waals surface area (Å²) in [5.41, 5.74) is -0.0395. The smallest absolute Gasteiger partial charge is 0.332 e. The summed E-state index contributed by atoms with van der Waals surface area (Å²) in [5.74, 6) is 0.495. The number of aryl methyl sites for hydroxylation is 2. The van der Waals surface area contributed by atoms with Crippen molar-refractivity contribution in [2.45, 2.75) is 19.9 Å². The minimum absolute atomic E-state index is 0.0354. The van der Waals surface area contributed by atoms with E-state index in [1.165, 1.54) is 11.6 Å². The Morgan fingerprint density at radius 2 is 1.95 bits per heavy atom. The van der Waals surface area contributed by atoms with Gasteiger partial charge in [0.1, 0.15) is 0 Å². The number of rotatable bonds is 5. The number of anilines is 1. The maximum absolute atomic E-state index is 12.1. The van der Waals surface area contributed by atoms with Gasteiger partial charge in [0.05, 0.1) is 6.61 Å². The number of hydrogen-bond donors (Lipinski definition) is 2. The maximum atomic E-state index is 12.1. The van der Waals surface area contributed by atoms with Crippen LogP contribution >= 0.6 is 0 Å². The first-order chi connectivity index (χ1) is 9.52. The van der Waals surface area contributed by atoms with Crippen LogP contribution in [0.25, 0.3) is 11.2 Å². The fraction of sp³-hybridized carbons (Fsp3) is 0.583. The van der Waals surface area contributed by atoms with Gasteiger partial charge < -0.3 is 10.4 Å². The second-order valence-corrected chi connectivity index (χ2v) is 4.62. The Morgan fingerprint density at radius 3 is 2.55 bits per heavy atom. The lowest BCUT2D eigenvalue weighted by Gasteiger charge is -2.10. The van der Waals surface area contributed by atoms with E-state index in [0.29, 0.717) is 24.7 Å². The van der Waals surface area contributed by atoms with Crippen molar-refractivity contribution in [3.8, 4) is 0 Å². The van der Waals surface area contributed by atoms with Crippen LogP contribution in [0.4, 0.5) is 5.95 Å². The highest BCUT2D eigenvalue weighted by molar-refractivity contribution is 5.74. The fourth-order valence-electron chi connectivity index (χ4n) is 2.23. The summed E-state index contributed by atoms with van der Waals surface area (Å²) < 4.78 is 4.26. The summed E-state index contributed by atoms with van der Waals surface area (Å²) in [4.78, 5) is 28.4. The molecule has 0 spiro atoms. The van der Waals surface area contributed by atoms with Crippen molar-refractivity contribution >= 4 is 17.1 Å². The number of aliphatic hydroxyl groups excluding tert-OH is 1. The van der Waals surface area contributed by atoms with Gasteiger partial charge in [-0.05, 0) is 6.42 Å². The van der Waals surface area contributed by atoms with Gasteiger partial charge in [-0.15, -0.1) is 0 Å². The van der Waals surface area contributed by atoms with Crippen molar-refractivity contribution in [1.82, 2.24) is 18.7 Å². The largest absolute Gasteiger partial charge is 0.395 e. The van der Waals surface area contributed by atoms with Crippen molar-refractivity contribution < 1.29 is 5.11 Å². The van der Waals surface area contributed by atoms with E-state index in [2.05, 4.69) is 10.3 Å². The van der Waals surface area contributed by atoms with Crippen LogP contribution in [0.3, 0.4) is 0 Å². The van der Waals surface area contributed by atoms with Gasteiger partial charge in [-0.25, -0.2) is 9.78 Å². The molecule has 20 heavy (non-hydrogen) atoms. The molecule has 2 rings (SSSR count). The summed E-state index contributed by atoms with van der Waals surface area (Å²) in [7, 11) is 3.05. The van der Waals surface area contributed by atoms with Gasteiger partial charge in [0.15, 0.2) is 11.2 Å². The van der Waals surface area contributed by atoms with Crippen LogP contribution in [0, 0.1) is 0 Å². The van der Waals surface area contributed by atoms with E-state index in [4.69, 9.17) is 5.11 Å². The second kappa shape index (κ2) is 5.49. The van der Waals surface area contributed by atoms with E-state index >= 15 is 0 Å². The van der Waals surface area contributed by atoms with E-state index in [0.717, 1.165) is 11.0 Å². The minimum Gasteiger partial charge on any atom is -0.395 e. The number of hydrogen-bond acceptors (Lipinski definition) is 5. The van der Waals surface area contributed by atoms with Gasteiger partial charge in [-0.3, -0.25) is 18.5 Å². The predicted molar refractivity (Wildman–Crippen MR) is 76.1 cm³/mol. The molecule has 0 amide bonds. The quantitative estimate of drug-likeness (QED) is 0.752.